The van der Waals surface area contributed by atoms with E-state index in [1.54, 1.807) is 0 Å². The van der Waals surface area contributed by atoms with Crippen molar-refractivity contribution in [2.24, 2.45) is 0 Å². The zero-order valence-corrected chi connectivity index (χ0v) is 6.49. The van der Waals surface area contributed by atoms with Crippen molar-refractivity contribution in [3.05, 3.63) is 0 Å². The van der Waals surface area contributed by atoms with Crippen LogP contribution in [0.4, 0.5) is 4.39 Å². The number of carbonyl (C=O) groups is 1. The molecule has 0 aliphatic rings. The molecule has 0 rings (SSSR count). The number of aliphatic carboxylic acids is 1. The van der Waals surface area contributed by atoms with Crippen LogP contribution >= 0.6 is 11.8 Å². The van der Waals surface area contributed by atoms with E-state index in [1.807, 2.05) is 0 Å². The topological polar surface area (TPSA) is 37.3 Å². The number of hydrogen-bond acceptors (Lipinski definition) is 2. The summed E-state index contributed by atoms with van der Waals surface area (Å²) >= 11 is 1.34. The standard InChI is InChI=1S/C6H11FO2S/c7-3-1-2-4-10-5-6(8)9/h1-5H2,(H,8,9). The number of hydrogen-bond donors (Lipinski definition) is 1. The summed E-state index contributed by atoms with van der Waals surface area (Å²) in [5.41, 5.74) is 0. The normalized spacial score (nSPS) is 9.70. The molecule has 0 atom stereocenters. The van der Waals surface area contributed by atoms with Gasteiger partial charge in [-0.05, 0) is 18.6 Å². The highest BCUT2D eigenvalue weighted by molar-refractivity contribution is 7.99. The van der Waals surface area contributed by atoms with Gasteiger partial charge in [-0.3, -0.25) is 9.18 Å². The van der Waals surface area contributed by atoms with E-state index < -0.39 is 5.97 Å². The molecule has 0 unspecified atom stereocenters. The Kier molecular flexibility index (Phi) is 6.69. The summed E-state index contributed by atoms with van der Waals surface area (Å²) in [7, 11) is 0. The lowest BCUT2D eigenvalue weighted by atomic mass is 10.4. The van der Waals surface area contributed by atoms with Crippen LogP contribution in [0.15, 0.2) is 0 Å². The van der Waals surface area contributed by atoms with E-state index in [9.17, 15) is 9.18 Å². The minimum absolute atomic E-state index is 0.131. The summed E-state index contributed by atoms with van der Waals surface area (Å²) in [4.78, 5) is 9.94. The highest BCUT2D eigenvalue weighted by atomic mass is 32.2. The molecule has 0 radical (unpaired) electrons. The minimum atomic E-state index is -0.801. The first-order chi connectivity index (χ1) is 4.77. The fourth-order valence-corrected chi connectivity index (χ4v) is 1.19. The number of rotatable bonds is 6. The first-order valence-electron chi connectivity index (χ1n) is 3.13. The molecule has 0 heterocycles. The predicted octanol–water partition coefficient (Wildman–Crippen LogP) is 1.55. The Balaban J connectivity index is 2.84. The summed E-state index contributed by atoms with van der Waals surface area (Å²) in [6.45, 7) is -0.298. The third-order valence-corrected chi connectivity index (χ3v) is 1.93. The molecule has 10 heavy (non-hydrogen) atoms. The van der Waals surface area contributed by atoms with E-state index in [0.717, 1.165) is 12.2 Å². The monoisotopic (exact) mass is 166 g/mol. The van der Waals surface area contributed by atoms with E-state index in [-0.39, 0.29) is 12.4 Å². The number of carboxylic acid groups (broad SMARTS) is 1. The van der Waals surface area contributed by atoms with Crippen LogP contribution in [0.25, 0.3) is 0 Å². The second-order valence-corrected chi connectivity index (χ2v) is 2.95. The second kappa shape index (κ2) is 6.86. The molecule has 0 fully saturated rings. The average molecular weight is 166 g/mol. The Labute approximate surface area is 63.8 Å². The molecule has 0 spiro atoms. The lowest BCUT2D eigenvalue weighted by Gasteiger charge is -1.94. The molecule has 4 heteroatoms. The average Bonchev–Trinajstić information content (AvgIpc) is 1.87. The Morgan fingerprint density at radius 1 is 1.50 bits per heavy atom. The SMILES string of the molecule is O=C(O)CSCCCCF. The van der Waals surface area contributed by atoms with Gasteiger partial charge in [0, 0.05) is 0 Å². The van der Waals surface area contributed by atoms with Crippen molar-refractivity contribution in [1.29, 1.82) is 0 Å². The van der Waals surface area contributed by atoms with Crippen molar-refractivity contribution in [3.63, 3.8) is 0 Å². The van der Waals surface area contributed by atoms with Gasteiger partial charge in [0.1, 0.15) is 0 Å². The van der Waals surface area contributed by atoms with Gasteiger partial charge in [0.15, 0.2) is 0 Å². The molecule has 60 valence electrons. The van der Waals surface area contributed by atoms with Crippen LogP contribution in [-0.4, -0.2) is 29.3 Å². The zero-order valence-electron chi connectivity index (χ0n) is 5.68. The first-order valence-corrected chi connectivity index (χ1v) is 4.28. The number of carboxylic acids is 1. The van der Waals surface area contributed by atoms with Gasteiger partial charge >= 0.3 is 5.97 Å². The van der Waals surface area contributed by atoms with Gasteiger partial charge in [-0.15, -0.1) is 0 Å². The van der Waals surface area contributed by atoms with Crippen LogP contribution in [0, 0.1) is 0 Å². The van der Waals surface area contributed by atoms with Crippen molar-refractivity contribution >= 4 is 17.7 Å². The van der Waals surface area contributed by atoms with Crippen LogP contribution in [0.5, 0.6) is 0 Å². The molecule has 0 aromatic rings. The molecule has 0 bridgehead atoms. The van der Waals surface area contributed by atoms with Gasteiger partial charge in [0.2, 0.25) is 0 Å². The molecule has 0 aliphatic carbocycles. The summed E-state index contributed by atoms with van der Waals surface area (Å²) in [5.74, 6) is 0.0768. The highest BCUT2D eigenvalue weighted by Crippen LogP contribution is 2.03. The van der Waals surface area contributed by atoms with Gasteiger partial charge in [-0.1, -0.05) is 0 Å². The Hall–Kier alpha value is -0.250. The Bertz CT molecular complexity index is 97.7. The maximum atomic E-state index is 11.5. The lowest BCUT2D eigenvalue weighted by Crippen LogP contribution is -1.98. The van der Waals surface area contributed by atoms with Crippen LogP contribution in [0.1, 0.15) is 12.8 Å². The molecule has 0 aromatic heterocycles. The summed E-state index contributed by atoms with van der Waals surface area (Å²) in [6, 6.07) is 0. The molecular weight excluding hydrogens is 155 g/mol. The predicted molar refractivity (Wildman–Crippen MR) is 40.2 cm³/mol. The van der Waals surface area contributed by atoms with E-state index in [0.29, 0.717) is 6.42 Å². The maximum absolute atomic E-state index is 11.5. The van der Waals surface area contributed by atoms with E-state index >= 15 is 0 Å². The molecule has 0 saturated carbocycles. The molecular formula is C6H11FO2S. The van der Waals surface area contributed by atoms with Crippen LogP contribution < -0.4 is 0 Å². The number of alkyl halides is 1. The fraction of sp³-hybridized carbons (Fsp3) is 0.833. The van der Waals surface area contributed by atoms with Gasteiger partial charge in [-0.25, -0.2) is 0 Å². The minimum Gasteiger partial charge on any atom is -0.481 e. The van der Waals surface area contributed by atoms with Crippen LogP contribution in [0.3, 0.4) is 0 Å². The van der Waals surface area contributed by atoms with E-state index in [1.165, 1.54) is 11.8 Å². The zero-order chi connectivity index (χ0) is 7.82. The molecule has 2 nitrogen and oxygen atoms in total. The highest BCUT2D eigenvalue weighted by Gasteiger charge is 1.95. The van der Waals surface area contributed by atoms with Gasteiger partial charge in [0.05, 0.1) is 12.4 Å². The quantitative estimate of drug-likeness (QED) is 0.608. The Morgan fingerprint density at radius 3 is 2.70 bits per heavy atom. The second-order valence-electron chi connectivity index (χ2n) is 1.84. The molecule has 0 aliphatic heterocycles. The summed E-state index contributed by atoms with van der Waals surface area (Å²) < 4.78 is 11.5. The smallest absolute Gasteiger partial charge is 0.313 e. The molecule has 0 aromatic carbocycles. The maximum Gasteiger partial charge on any atom is 0.313 e. The van der Waals surface area contributed by atoms with E-state index in [2.05, 4.69) is 0 Å². The largest absolute Gasteiger partial charge is 0.481 e. The van der Waals surface area contributed by atoms with Crippen molar-refractivity contribution < 1.29 is 14.3 Å². The third kappa shape index (κ3) is 7.75. The van der Waals surface area contributed by atoms with Gasteiger partial charge < -0.3 is 5.11 Å². The lowest BCUT2D eigenvalue weighted by molar-refractivity contribution is -0.133. The number of halogens is 1. The Morgan fingerprint density at radius 2 is 2.20 bits per heavy atom. The van der Waals surface area contributed by atoms with Crippen LogP contribution in [0.2, 0.25) is 0 Å². The third-order valence-electron chi connectivity index (χ3n) is 0.898. The summed E-state index contributed by atoms with van der Waals surface area (Å²) in [6.07, 6.45) is 1.32. The number of unbranched alkanes of at least 4 members (excludes halogenated alkanes) is 1. The van der Waals surface area contributed by atoms with Crippen molar-refractivity contribution in [3.8, 4) is 0 Å². The molecule has 0 saturated heterocycles. The van der Waals surface area contributed by atoms with Crippen molar-refractivity contribution in [2.75, 3.05) is 18.2 Å². The first kappa shape index (κ1) is 9.75. The summed E-state index contributed by atoms with van der Waals surface area (Å²) in [5, 5.41) is 8.18. The van der Waals surface area contributed by atoms with Gasteiger partial charge in [-0.2, -0.15) is 11.8 Å². The van der Waals surface area contributed by atoms with Crippen molar-refractivity contribution in [2.45, 2.75) is 12.8 Å². The van der Waals surface area contributed by atoms with Crippen molar-refractivity contribution in [1.82, 2.24) is 0 Å². The van der Waals surface area contributed by atoms with Gasteiger partial charge in [0.25, 0.3) is 0 Å². The molecule has 0 amide bonds. The fourth-order valence-electron chi connectivity index (χ4n) is 0.458. The number of thioether (sulfide) groups is 1. The molecule has 1 N–H and O–H groups in total. The van der Waals surface area contributed by atoms with Crippen LogP contribution in [-0.2, 0) is 4.79 Å². The van der Waals surface area contributed by atoms with E-state index in [4.69, 9.17) is 5.11 Å².